The van der Waals surface area contributed by atoms with Crippen molar-refractivity contribution in [1.29, 1.82) is 0 Å². The van der Waals surface area contributed by atoms with Crippen LogP contribution in [0.5, 0.6) is 0 Å². The molecule has 1 rings (SSSR count). The summed E-state index contributed by atoms with van der Waals surface area (Å²) in [5.74, 6) is 0.489. The van der Waals surface area contributed by atoms with Gasteiger partial charge in [-0.1, -0.05) is 0 Å². The topological polar surface area (TPSA) is 51.8 Å². The van der Waals surface area contributed by atoms with E-state index in [-0.39, 0.29) is 0 Å². The summed E-state index contributed by atoms with van der Waals surface area (Å²) in [4.78, 5) is 7.78. The van der Waals surface area contributed by atoms with Crippen LogP contribution >= 0.6 is 0 Å². The monoisotopic (exact) mass is 215 g/mol. The van der Waals surface area contributed by atoms with Crippen LogP contribution in [0.2, 0.25) is 0 Å². The molecule has 0 aliphatic rings. The fraction of sp³-hybridized carbons (Fsp3) is 0. The number of aromatic nitrogens is 2. The molecule has 3 nitrogen and oxygen atoms in total. The van der Waals surface area contributed by atoms with E-state index in [2.05, 4.69) is 9.97 Å². The van der Waals surface area contributed by atoms with Crippen molar-refractivity contribution in [1.82, 2.24) is 9.97 Å². The molecule has 1 aromatic heterocycles. The van der Waals surface area contributed by atoms with Crippen LogP contribution in [-0.4, -0.2) is 32.5 Å². The first-order valence-corrected chi connectivity index (χ1v) is 3.77. The molecule has 2 N–H and O–H groups in total. The van der Waals surface area contributed by atoms with Crippen LogP contribution < -0.4 is 9.44 Å². The summed E-state index contributed by atoms with van der Waals surface area (Å²) < 4.78 is 1.02. The first kappa shape index (κ1) is 5.81. The van der Waals surface area contributed by atoms with Crippen LogP contribution in [0.3, 0.4) is 0 Å². The molecule has 1 aromatic rings. The number of hydrogen-bond acceptors (Lipinski definition) is 3. The molecule has 0 spiro atoms. The molecule has 0 saturated heterocycles. The molecule has 4 heteroatoms. The van der Waals surface area contributed by atoms with E-state index in [1.54, 1.807) is 12.4 Å². The maximum absolute atomic E-state index is 5.27. The SMILES string of the molecule is Nc1cn[c]([SnH])cn1. The van der Waals surface area contributed by atoms with E-state index in [1.165, 1.54) is 0 Å². The fourth-order valence-electron chi connectivity index (χ4n) is 0.348. The summed E-state index contributed by atoms with van der Waals surface area (Å²) in [5, 5.41) is 0. The molecule has 0 unspecified atom stereocenters. The normalized spacial score (nSPS) is 9.12. The Bertz CT molecular complexity index is 150. The molecule has 0 fully saturated rings. The van der Waals surface area contributed by atoms with Crippen molar-refractivity contribution in [3.05, 3.63) is 12.4 Å². The first-order valence-electron chi connectivity index (χ1n) is 2.12. The van der Waals surface area contributed by atoms with Crippen LogP contribution in [0, 0.1) is 0 Å². The molecule has 2 radical (unpaired) electrons. The molecule has 0 aromatic carbocycles. The maximum atomic E-state index is 5.27. The van der Waals surface area contributed by atoms with E-state index < -0.39 is 0 Å². The van der Waals surface area contributed by atoms with Crippen molar-refractivity contribution in [2.75, 3.05) is 5.73 Å². The summed E-state index contributed by atoms with van der Waals surface area (Å²) in [6.45, 7) is 0. The zero-order chi connectivity index (χ0) is 5.98. The molecule has 0 amide bonds. The predicted molar refractivity (Wildman–Crippen MR) is 33.2 cm³/mol. The molecular weight excluding hydrogens is 209 g/mol. The van der Waals surface area contributed by atoms with Gasteiger partial charge < -0.3 is 0 Å². The number of rotatable bonds is 0. The van der Waals surface area contributed by atoms with Crippen molar-refractivity contribution >= 4 is 32.1 Å². The Morgan fingerprint density at radius 3 is 2.50 bits per heavy atom. The third-order valence-electron chi connectivity index (χ3n) is 0.692. The Morgan fingerprint density at radius 1 is 1.38 bits per heavy atom. The number of hydrogen-bond donors (Lipinski definition) is 1. The number of anilines is 1. The number of nitrogens with zero attached hydrogens (tertiary/aromatic N) is 2. The van der Waals surface area contributed by atoms with Crippen molar-refractivity contribution < 1.29 is 0 Å². The van der Waals surface area contributed by atoms with Gasteiger partial charge in [0.15, 0.2) is 0 Å². The predicted octanol–water partition coefficient (Wildman–Crippen LogP) is -1.42. The van der Waals surface area contributed by atoms with Crippen molar-refractivity contribution in [2.45, 2.75) is 0 Å². The Kier molecular flexibility index (Phi) is 1.67. The van der Waals surface area contributed by atoms with Gasteiger partial charge in [0.25, 0.3) is 0 Å². The van der Waals surface area contributed by atoms with E-state index in [0.29, 0.717) is 5.82 Å². The average molecular weight is 214 g/mol. The van der Waals surface area contributed by atoms with Gasteiger partial charge in [0.1, 0.15) is 0 Å². The van der Waals surface area contributed by atoms with Gasteiger partial charge in [-0.25, -0.2) is 0 Å². The van der Waals surface area contributed by atoms with Gasteiger partial charge >= 0.3 is 60.1 Å². The van der Waals surface area contributed by atoms with Crippen LogP contribution in [0.4, 0.5) is 5.82 Å². The van der Waals surface area contributed by atoms with Crippen LogP contribution in [0.1, 0.15) is 0 Å². The second-order valence-corrected chi connectivity index (χ2v) is 3.05. The third-order valence-corrected chi connectivity index (χ3v) is 1.54. The van der Waals surface area contributed by atoms with Crippen LogP contribution in [-0.2, 0) is 0 Å². The van der Waals surface area contributed by atoms with E-state index in [0.717, 1.165) is 26.2 Å². The van der Waals surface area contributed by atoms with Crippen molar-refractivity contribution in [3.63, 3.8) is 0 Å². The quantitative estimate of drug-likeness (QED) is 0.539. The summed E-state index contributed by atoms with van der Waals surface area (Å²) in [6.07, 6.45) is 3.26. The molecule has 0 aliphatic heterocycles. The minimum absolute atomic E-state index is 0.489. The molecule has 8 heavy (non-hydrogen) atoms. The van der Waals surface area contributed by atoms with E-state index in [9.17, 15) is 0 Å². The van der Waals surface area contributed by atoms with Crippen LogP contribution in [0.25, 0.3) is 0 Å². The molecule has 0 aliphatic carbocycles. The van der Waals surface area contributed by atoms with Gasteiger partial charge in [-0.2, -0.15) is 0 Å². The van der Waals surface area contributed by atoms with E-state index >= 15 is 0 Å². The van der Waals surface area contributed by atoms with Crippen LogP contribution in [0.15, 0.2) is 12.4 Å². The third kappa shape index (κ3) is 1.33. The van der Waals surface area contributed by atoms with Gasteiger partial charge in [-0.15, -0.1) is 0 Å². The van der Waals surface area contributed by atoms with Crippen molar-refractivity contribution in [3.8, 4) is 0 Å². The van der Waals surface area contributed by atoms with Gasteiger partial charge in [0.2, 0.25) is 0 Å². The summed E-state index contributed by atoms with van der Waals surface area (Å²) in [5.41, 5.74) is 5.27. The van der Waals surface area contributed by atoms with Gasteiger partial charge in [-0.3, -0.25) is 0 Å². The molecule has 0 atom stereocenters. The molecule has 1 heterocycles. The minimum atomic E-state index is 0.489. The molecule has 40 valence electrons. The Morgan fingerprint density at radius 2 is 2.12 bits per heavy atom. The Hall–Kier alpha value is -0.321. The molecular formula is C4H5N3Sn. The standard InChI is InChI=1S/C4H4N3.Sn.H/c5-4-3-6-1-2-7-4;;/h2-3H,(H2,5,7);;. The molecule has 0 bridgehead atoms. The summed E-state index contributed by atoms with van der Waals surface area (Å²) >= 11 is 1.00. The van der Waals surface area contributed by atoms with Gasteiger partial charge in [-0.05, 0) is 0 Å². The average Bonchev–Trinajstić information content (AvgIpc) is 1.77. The summed E-state index contributed by atoms with van der Waals surface area (Å²) in [7, 11) is 0. The second-order valence-electron chi connectivity index (χ2n) is 1.37. The first-order chi connectivity index (χ1) is 3.79. The zero-order valence-corrected chi connectivity index (χ0v) is 7.50. The number of nitrogen functional groups attached to an aromatic ring is 1. The second kappa shape index (κ2) is 2.30. The number of nitrogens with two attached hydrogens (primary N) is 1. The van der Waals surface area contributed by atoms with Crippen molar-refractivity contribution in [2.24, 2.45) is 0 Å². The zero-order valence-electron chi connectivity index (χ0n) is 4.20. The van der Waals surface area contributed by atoms with Gasteiger partial charge in [0.05, 0.1) is 0 Å². The van der Waals surface area contributed by atoms with Gasteiger partial charge in [0, 0.05) is 0 Å². The fourth-order valence-corrected chi connectivity index (χ4v) is 0.773. The Balaban J connectivity index is 3.03. The summed E-state index contributed by atoms with van der Waals surface area (Å²) in [6, 6.07) is 0. The Labute approximate surface area is 60.4 Å². The molecule has 0 saturated carbocycles. The van der Waals surface area contributed by atoms with E-state index in [1.807, 2.05) is 0 Å². The van der Waals surface area contributed by atoms with E-state index in [4.69, 9.17) is 5.73 Å².